The van der Waals surface area contributed by atoms with Crippen molar-refractivity contribution in [3.63, 3.8) is 0 Å². The Hall–Kier alpha value is -2.31. The van der Waals surface area contributed by atoms with Crippen molar-refractivity contribution in [1.82, 2.24) is 4.98 Å². The van der Waals surface area contributed by atoms with E-state index in [0.717, 1.165) is 21.7 Å². The third-order valence-electron chi connectivity index (χ3n) is 4.61. The third kappa shape index (κ3) is 2.70. The van der Waals surface area contributed by atoms with Crippen LogP contribution >= 0.6 is 11.6 Å². The van der Waals surface area contributed by atoms with Crippen LogP contribution in [-0.4, -0.2) is 36.2 Å². The van der Waals surface area contributed by atoms with E-state index in [1.807, 2.05) is 12.1 Å². The van der Waals surface area contributed by atoms with Crippen LogP contribution in [0.25, 0.3) is 28.1 Å². The van der Waals surface area contributed by atoms with Crippen LogP contribution in [0.1, 0.15) is 6.92 Å². The van der Waals surface area contributed by atoms with E-state index in [-0.39, 0.29) is 21.8 Å². The number of phenols is 1. The Labute approximate surface area is 155 Å². The highest BCUT2D eigenvalue weighted by Crippen LogP contribution is 2.32. The minimum absolute atomic E-state index is 0.0432. The molecule has 0 fully saturated rings. The maximum Gasteiger partial charge on any atom is 0.178 e. The summed E-state index contributed by atoms with van der Waals surface area (Å²) in [5.41, 5.74) is 2.83. The summed E-state index contributed by atoms with van der Waals surface area (Å²) in [4.78, 5) is 7.86. The number of alkyl halides is 1. The normalized spacial score (nSPS) is 16.8. The number of aromatic nitrogens is 1. The minimum atomic E-state index is -3.31. The minimum Gasteiger partial charge on any atom is -0.506 e. The van der Waals surface area contributed by atoms with E-state index in [0.29, 0.717) is 17.5 Å². The molecule has 0 bridgehead atoms. The molecule has 0 amide bonds. The molecule has 0 aliphatic carbocycles. The van der Waals surface area contributed by atoms with Gasteiger partial charge in [0.1, 0.15) is 11.2 Å². The average molecular weight is 389 g/mol. The Morgan fingerprint density at radius 1 is 1.31 bits per heavy atom. The van der Waals surface area contributed by atoms with Crippen molar-refractivity contribution >= 4 is 38.4 Å². The summed E-state index contributed by atoms with van der Waals surface area (Å²) in [7, 11) is -3.31. The zero-order valence-electron chi connectivity index (χ0n) is 14.0. The van der Waals surface area contributed by atoms with E-state index in [2.05, 4.69) is 9.98 Å². The highest BCUT2D eigenvalue weighted by molar-refractivity contribution is 7.91. The number of halogens is 1. The second kappa shape index (κ2) is 6.14. The lowest BCUT2D eigenvalue weighted by molar-refractivity contribution is 0.480. The summed E-state index contributed by atoms with van der Waals surface area (Å²) >= 11 is 6.24. The van der Waals surface area contributed by atoms with Crippen molar-refractivity contribution in [3.8, 4) is 16.9 Å². The molecule has 3 aromatic rings. The molecule has 7 heteroatoms. The maximum atomic E-state index is 12.2. The fourth-order valence-electron chi connectivity index (χ4n) is 3.27. The molecule has 1 unspecified atom stereocenters. The van der Waals surface area contributed by atoms with Crippen LogP contribution in [0.4, 0.5) is 0 Å². The number of sulfone groups is 1. The molecule has 2 heterocycles. The van der Waals surface area contributed by atoms with Gasteiger partial charge in [-0.15, -0.1) is 11.6 Å². The number of phenolic OH excluding ortho intramolecular Hbond substituents is 1. The number of hydrogen-bond acceptors (Lipinski definition) is 4. The van der Waals surface area contributed by atoms with Gasteiger partial charge in [-0.05, 0) is 35.4 Å². The van der Waals surface area contributed by atoms with Crippen molar-refractivity contribution in [2.75, 3.05) is 12.3 Å². The number of rotatable bonds is 3. The Bertz CT molecular complexity index is 1250. The predicted octanol–water partition coefficient (Wildman–Crippen LogP) is 2.36. The molecular formula is C19H17ClN2O3S. The van der Waals surface area contributed by atoms with E-state index in [9.17, 15) is 13.5 Å². The zero-order valence-corrected chi connectivity index (χ0v) is 15.6. The summed E-state index contributed by atoms with van der Waals surface area (Å²) in [6.45, 7) is 2.10. The van der Waals surface area contributed by atoms with Crippen LogP contribution in [0.5, 0.6) is 5.75 Å². The molecule has 1 aromatic heterocycles. The molecule has 2 aromatic carbocycles. The lowest BCUT2D eigenvalue weighted by atomic mass is 10.00. The number of aromatic hydroxyl groups is 1. The molecule has 0 saturated heterocycles. The van der Waals surface area contributed by atoms with Gasteiger partial charge in [0.25, 0.3) is 0 Å². The molecule has 1 aliphatic rings. The van der Waals surface area contributed by atoms with Crippen molar-refractivity contribution in [2.24, 2.45) is 4.99 Å². The number of benzene rings is 2. The monoisotopic (exact) mass is 388 g/mol. The first-order valence-corrected chi connectivity index (χ1v) is 10.4. The van der Waals surface area contributed by atoms with Crippen LogP contribution in [-0.2, 0) is 9.84 Å². The lowest BCUT2D eigenvalue weighted by Gasteiger charge is -2.09. The van der Waals surface area contributed by atoms with Gasteiger partial charge in [-0.25, -0.2) is 8.42 Å². The fourth-order valence-corrected chi connectivity index (χ4v) is 4.39. The highest BCUT2D eigenvalue weighted by Gasteiger charge is 2.17. The first kappa shape index (κ1) is 17.1. The van der Waals surface area contributed by atoms with Gasteiger partial charge >= 0.3 is 0 Å². The SMILES string of the molecule is CCS(=O)(=O)c1cccc(-c2ccc(O)c3[nH]c4c(c23)=CC(Cl)CN=4)c1. The number of H-pyrrole nitrogens is 1. The fraction of sp³-hybridized carbons (Fsp3) is 0.211. The Balaban J connectivity index is 2.06. The number of nitrogens with one attached hydrogen (secondary N) is 1. The van der Waals surface area contributed by atoms with Crippen molar-refractivity contribution in [2.45, 2.75) is 17.2 Å². The predicted molar refractivity (Wildman–Crippen MR) is 103 cm³/mol. The summed E-state index contributed by atoms with van der Waals surface area (Å²) in [5.74, 6) is 0.159. The average Bonchev–Trinajstić information content (AvgIpc) is 3.02. The van der Waals surface area contributed by atoms with E-state index in [1.54, 1.807) is 37.3 Å². The smallest absolute Gasteiger partial charge is 0.178 e. The van der Waals surface area contributed by atoms with Crippen molar-refractivity contribution < 1.29 is 13.5 Å². The van der Waals surface area contributed by atoms with Crippen LogP contribution in [0, 0.1) is 0 Å². The highest BCUT2D eigenvalue weighted by atomic mass is 35.5. The largest absolute Gasteiger partial charge is 0.506 e. The molecule has 1 atom stereocenters. The lowest BCUT2D eigenvalue weighted by Crippen LogP contribution is -2.30. The van der Waals surface area contributed by atoms with Crippen molar-refractivity contribution in [1.29, 1.82) is 0 Å². The van der Waals surface area contributed by atoms with Crippen LogP contribution in [0.15, 0.2) is 46.3 Å². The quantitative estimate of drug-likeness (QED) is 0.676. The van der Waals surface area contributed by atoms with Gasteiger partial charge < -0.3 is 10.1 Å². The molecule has 0 radical (unpaired) electrons. The van der Waals surface area contributed by atoms with Gasteiger partial charge in [0.2, 0.25) is 0 Å². The van der Waals surface area contributed by atoms with Crippen LogP contribution in [0.3, 0.4) is 0 Å². The number of nitrogens with zero attached hydrogens (tertiary/aromatic N) is 1. The summed E-state index contributed by atoms with van der Waals surface area (Å²) in [5, 5.41) is 11.7. The Kier molecular flexibility index (Phi) is 4.04. The van der Waals surface area contributed by atoms with Gasteiger partial charge in [-0.3, -0.25) is 4.99 Å². The van der Waals surface area contributed by atoms with Crippen LogP contribution < -0.4 is 10.7 Å². The molecule has 0 saturated carbocycles. The molecule has 1 aliphatic heterocycles. The molecule has 134 valence electrons. The molecule has 5 nitrogen and oxygen atoms in total. The first-order chi connectivity index (χ1) is 12.4. The number of fused-ring (bicyclic) bond motifs is 3. The van der Waals surface area contributed by atoms with Crippen LogP contribution in [0.2, 0.25) is 0 Å². The van der Waals surface area contributed by atoms with E-state index >= 15 is 0 Å². The summed E-state index contributed by atoms with van der Waals surface area (Å²) < 4.78 is 24.5. The van der Waals surface area contributed by atoms with Crippen molar-refractivity contribution in [3.05, 3.63) is 47.1 Å². The molecule has 2 N–H and O–H groups in total. The Morgan fingerprint density at radius 3 is 2.88 bits per heavy atom. The standard InChI is InChI=1S/C19H17ClN2O3S/c1-2-26(24,25)13-5-3-4-11(8-13)14-6-7-16(23)18-17(14)15-9-12(20)10-21-19(15)22-18/h3-9,12,23H,2,10H2,1H3,(H,21,22). The molecular weight excluding hydrogens is 372 g/mol. The molecule has 4 rings (SSSR count). The Morgan fingerprint density at radius 2 is 2.12 bits per heavy atom. The second-order valence-electron chi connectivity index (χ2n) is 6.22. The van der Waals surface area contributed by atoms with E-state index < -0.39 is 9.84 Å². The maximum absolute atomic E-state index is 12.2. The number of aromatic amines is 1. The second-order valence-corrected chi connectivity index (χ2v) is 9.06. The third-order valence-corrected chi connectivity index (χ3v) is 6.60. The van der Waals surface area contributed by atoms with E-state index in [4.69, 9.17) is 11.6 Å². The molecule has 26 heavy (non-hydrogen) atoms. The van der Waals surface area contributed by atoms with Gasteiger partial charge in [0.05, 0.1) is 28.1 Å². The van der Waals surface area contributed by atoms with Gasteiger partial charge in [-0.2, -0.15) is 0 Å². The van der Waals surface area contributed by atoms with Gasteiger partial charge in [-0.1, -0.05) is 25.1 Å². The number of hydrogen-bond donors (Lipinski definition) is 2. The topological polar surface area (TPSA) is 82.5 Å². The van der Waals surface area contributed by atoms with Gasteiger partial charge in [0.15, 0.2) is 9.84 Å². The summed E-state index contributed by atoms with van der Waals surface area (Å²) in [6, 6.07) is 10.2. The summed E-state index contributed by atoms with van der Waals surface area (Å²) in [6.07, 6.45) is 1.91. The zero-order chi connectivity index (χ0) is 18.5. The van der Waals surface area contributed by atoms with Gasteiger partial charge in [0, 0.05) is 10.6 Å². The molecule has 0 spiro atoms. The van der Waals surface area contributed by atoms with E-state index in [1.165, 1.54) is 0 Å². The first-order valence-electron chi connectivity index (χ1n) is 8.28.